The molecule has 0 fully saturated rings. The molecule has 7 nitrogen and oxygen atoms in total. The molecule has 0 atom stereocenters. The van der Waals surface area contributed by atoms with Gasteiger partial charge in [-0.2, -0.15) is 0 Å². The van der Waals surface area contributed by atoms with Gasteiger partial charge in [-0.3, -0.25) is 0 Å². The highest BCUT2D eigenvalue weighted by molar-refractivity contribution is 7.92. The number of hydrogen-bond donors (Lipinski definition) is 1. The van der Waals surface area contributed by atoms with E-state index in [1.54, 1.807) is 0 Å². The SMILES string of the molecule is CN(C)S(=O)(=O)c1c(S(N)(=O)=O)ccn1C. The third-order valence-corrected chi connectivity index (χ3v) is 5.04. The van der Waals surface area contributed by atoms with E-state index in [4.69, 9.17) is 5.14 Å². The Labute approximate surface area is 94.6 Å². The minimum absolute atomic E-state index is 0.333. The van der Waals surface area contributed by atoms with Gasteiger partial charge in [0, 0.05) is 27.3 Å². The predicted octanol–water partition coefficient (Wildman–Crippen LogP) is -1.08. The minimum atomic E-state index is -4.06. The van der Waals surface area contributed by atoms with Gasteiger partial charge in [0.25, 0.3) is 10.0 Å². The summed E-state index contributed by atoms with van der Waals surface area (Å²) in [6.45, 7) is 0. The Morgan fingerprint density at radius 3 is 2.12 bits per heavy atom. The molecule has 2 N–H and O–H groups in total. The molecule has 0 saturated heterocycles. The van der Waals surface area contributed by atoms with E-state index >= 15 is 0 Å². The molecule has 0 saturated carbocycles. The van der Waals surface area contributed by atoms with Crippen LogP contribution in [0.25, 0.3) is 0 Å². The summed E-state index contributed by atoms with van der Waals surface area (Å²) in [7, 11) is -3.83. The van der Waals surface area contributed by atoms with Crippen molar-refractivity contribution in [2.75, 3.05) is 14.1 Å². The van der Waals surface area contributed by atoms with Gasteiger partial charge in [0.15, 0.2) is 5.03 Å². The van der Waals surface area contributed by atoms with Crippen LogP contribution in [0.1, 0.15) is 0 Å². The van der Waals surface area contributed by atoms with Crippen molar-refractivity contribution < 1.29 is 16.8 Å². The number of sulfonamides is 2. The highest BCUT2D eigenvalue weighted by Crippen LogP contribution is 2.22. The highest BCUT2D eigenvalue weighted by Gasteiger charge is 2.29. The Balaban J connectivity index is 3.65. The summed E-state index contributed by atoms with van der Waals surface area (Å²) < 4.78 is 48.3. The molecule has 0 amide bonds. The van der Waals surface area contributed by atoms with Crippen molar-refractivity contribution in [3.8, 4) is 0 Å². The fraction of sp³-hybridized carbons (Fsp3) is 0.429. The first kappa shape index (κ1) is 13.2. The Morgan fingerprint density at radius 1 is 1.25 bits per heavy atom. The van der Waals surface area contributed by atoms with Gasteiger partial charge in [0.1, 0.15) is 4.90 Å². The highest BCUT2D eigenvalue weighted by atomic mass is 32.2. The van der Waals surface area contributed by atoms with Crippen LogP contribution in [0.3, 0.4) is 0 Å². The summed E-state index contributed by atoms with van der Waals surface area (Å²) in [5.74, 6) is 0. The minimum Gasteiger partial charge on any atom is -0.340 e. The van der Waals surface area contributed by atoms with Gasteiger partial charge in [0.05, 0.1) is 0 Å². The van der Waals surface area contributed by atoms with Crippen LogP contribution in [0.5, 0.6) is 0 Å². The molecule has 0 bridgehead atoms. The molecule has 1 rings (SSSR count). The lowest BCUT2D eigenvalue weighted by atomic mass is 10.7. The Morgan fingerprint density at radius 2 is 1.75 bits per heavy atom. The number of rotatable bonds is 3. The number of hydrogen-bond acceptors (Lipinski definition) is 4. The molecule has 0 aliphatic rings. The number of aryl methyl sites for hydroxylation is 1. The first-order chi connectivity index (χ1) is 7.08. The summed E-state index contributed by atoms with van der Waals surface area (Å²) in [6, 6.07) is 1.16. The lowest BCUT2D eigenvalue weighted by molar-refractivity contribution is 0.506. The molecule has 0 unspecified atom stereocenters. The quantitative estimate of drug-likeness (QED) is 0.752. The van der Waals surface area contributed by atoms with Crippen LogP contribution in [0.2, 0.25) is 0 Å². The molecule has 1 aromatic rings. The lowest BCUT2D eigenvalue weighted by Crippen LogP contribution is -2.27. The monoisotopic (exact) mass is 267 g/mol. The lowest BCUT2D eigenvalue weighted by Gasteiger charge is -2.13. The molecule has 1 heterocycles. The third kappa shape index (κ3) is 2.12. The standard InChI is InChI=1S/C7H13N3O4S2/c1-9(2)16(13,14)7-6(15(8,11)12)4-5-10(7)3/h4-5H,1-3H3,(H2,8,11,12). The summed E-state index contributed by atoms with van der Waals surface area (Å²) in [4.78, 5) is -0.399. The van der Waals surface area contributed by atoms with Crippen LogP contribution in [-0.2, 0) is 27.1 Å². The largest absolute Gasteiger partial charge is 0.340 e. The van der Waals surface area contributed by atoms with Crippen LogP contribution in [-0.4, -0.2) is 39.8 Å². The van der Waals surface area contributed by atoms with Crippen molar-refractivity contribution in [2.24, 2.45) is 12.2 Å². The molecule has 0 aromatic carbocycles. The molecule has 0 radical (unpaired) electrons. The fourth-order valence-electron chi connectivity index (χ4n) is 1.19. The van der Waals surface area contributed by atoms with Crippen molar-refractivity contribution in [3.05, 3.63) is 12.3 Å². The van der Waals surface area contributed by atoms with E-state index in [1.165, 1.54) is 31.9 Å². The van der Waals surface area contributed by atoms with Gasteiger partial charge < -0.3 is 4.57 Å². The van der Waals surface area contributed by atoms with Gasteiger partial charge in [0.2, 0.25) is 10.0 Å². The number of nitrogens with zero attached hydrogens (tertiary/aromatic N) is 2. The molecule has 0 spiro atoms. The van der Waals surface area contributed by atoms with Crippen molar-refractivity contribution >= 4 is 20.0 Å². The Bertz CT molecular complexity index is 598. The van der Waals surface area contributed by atoms with E-state index < -0.39 is 24.9 Å². The van der Waals surface area contributed by atoms with Crippen LogP contribution in [0, 0.1) is 0 Å². The average Bonchev–Trinajstić information content (AvgIpc) is 2.46. The van der Waals surface area contributed by atoms with Gasteiger partial charge in [-0.1, -0.05) is 0 Å². The predicted molar refractivity (Wildman–Crippen MR) is 57.7 cm³/mol. The summed E-state index contributed by atoms with van der Waals surface area (Å²) >= 11 is 0. The van der Waals surface area contributed by atoms with Gasteiger partial charge in [-0.15, -0.1) is 0 Å². The third-order valence-electron chi connectivity index (χ3n) is 2.01. The Kier molecular flexibility index (Phi) is 3.16. The zero-order chi connectivity index (χ0) is 12.7. The van der Waals surface area contributed by atoms with Crippen molar-refractivity contribution in [2.45, 2.75) is 9.92 Å². The number of nitrogens with two attached hydrogens (primary N) is 1. The second-order valence-corrected chi connectivity index (χ2v) is 7.03. The maximum Gasteiger partial charge on any atom is 0.259 e. The molecule has 16 heavy (non-hydrogen) atoms. The summed E-state index contributed by atoms with van der Waals surface area (Å²) in [5.41, 5.74) is 0. The van der Waals surface area contributed by atoms with E-state index in [0.717, 1.165) is 10.4 Å². The molecule has 1 aromatic heterocycles. The van der Waals surface area contributed by atoms with E-state index in [0.29, 0.717) is 0 Å². The van der Waals surface area contributed by atoms with E-state index in [9.17, 15) is 16.8 Å². The van der Waals surface area contributed by atoms with Crippen molar-refractivity contribution in [1.82, 2.24) is 8.87 Å². The molecule has 0 aliphatic carbocycles. The molecular weight excluding hydrogens is 254 g/mol. The second-order valence-electron chi connectivity index (χ2n) is 3.43. The molecular formula is C7H13N3O4S2. The van der Waals surface area contributed by atoms with Gasteiger partial charge >= 0.3 is 0 Å². The second kappa shape index (κ2) is 3.84. The zero-order valence-electron chi connectivity index (χ0n) is 9.08. The maximum atomic E-state index is 11.9. The van der Waals surface area contributed by atoms with Gasteiger partial charge in [-0.25, -0.2) is 26.3 Å². The van der Waals surface area contributed by atoms with Crippen molar-refractivity contribution in [1.29, 1.82) is 0 Å². The number of aromatic nitrogens is 1. The summed E-state index contributed by atoms with van der Waals surface area (Å²) in [6.07, 6.45) is 1.33. The topological polar surface area (TPSA) is 102 Å². The smallest absolute Gasteiger partial charge is 0.259 e. The van der Waals surface area contributed by atoms with Crippen LogP contribution in [0.15, 0.2) is 22.2 Å². The van der Waals surface area contributed by atoms with Crippen LogP contribution >= 0.6 is 0 Å². The van der Waals surface area contributed by atoms with Crippen molar-refractivity contribution in [3.63, 3.8) is 0 Å². The Hall–Kier alpha value is -0.900. The van der Waals surface area contributed by atoms with E-state index in [-0.39, 0.29) is 5.03 Å². The molecule has 9 heteroatoms. The molecule has 0 aliphatic heterocycles. The zero-order valence-corrected chi connectivity index (χ0v) is 10.7. The fourth-order valence-corrected chi connectivity index (χ4v) is 3.59. The van der Waals surface area contributed by atoms with E-state index in [2.05, 4.69) is 0 Å². The average molecular weight is 267 g/mol. The van der Waals surface area contributed by atoms with Crippen LogP contribution in [0.4, 0.5) is 0 Å². The first-order valence-corrected chi connectivity index (χ1v) is 7.18. The van der Waals surface area contributed by atoms with E-state index in [1.807, 2.05) is 0 Å². The summed E-state index contributed by atoms with van der Waals surface area (Å²) in [5, 5.41) is 4.61. The van der Waals surface area contributed by atoms with Gasteiger partial charge in [-0.05, 0) is 6.07 Å². The number of primary sulfonamides is 1. The maximum absolute atomic E-state index is 11.9. The first-order valence-electron chi connectivity index (χ1n) is 4.19. The molecule has 92 valence electrons. The normalized spacial score (nSPS) is 13.3. The van der Waals surface area contributed by atoms with Crippen LogP contribution < -0.4 is 5.14 Å².